The fraction of sp³-hybridized carbons (Fsp3) is 0.562. The van der Waals surface area contributed by atoms with Gasteiger partial charge in [0.05, 0.1) is 13.7 Å². The molecule has 0 unspecified atom stereocenters. The lowest BCUT2D eigenvalue weighted by Crippen LogP contribution is -2.45. The third-order valence-electron chi connectivity index (χ3n) is 2.89. The minimum atomic E-state index is -0.442. The van der Waals surface area contributed by atoms with E-state index in [1.807, 2.05) is 13.8 Å². The summed E-state index contributed by atoms with van der Waals surface area (Å²) in [6, 6.07) is 5.17. The predicted molar refractivity (Wildman–Crippen MR) is 84.0 cm³/mol. The van der Waals surface area contributed by atoms with E-state index in [4.69, 9.17) is 15.2 Å². The number of benzene rings is 1. The largest absolute Gasteiger partial charge is 0.493 e. The van der Waals surface area contributed by atoms with Gasteiger partial charge < -0.3 is 20.5 Å². The zero-order chi connectivity index (χ0) is 15.9. The fourth-order valence-electron chi connectivity index (χ4n) is 1.66. The highest BCUT2D eigenvalue weighted by Crippen LogP contribution is 2.28. The molecule has 1 rings (SSSR count). The number of hydrogen-bond acceptors (Lipinski definition) is 4. The molecule has 0 aliphatic heterocycles. The monoisotopic (exact) mass is 294 g/mol. The molecule has 5 nitrogen and oxygen atoms in total. The topological polar surface area (TPSA) is 73.6 Å². The Kier molecular flexibility index (Phi) is 6.49. The van der Waals surface area contributed by atoms with Crippen LogP contribution in [0.25, 0.3) is 0 Å². The quantitative estimate of drug-likeness (QED) is 0.722. The van der Waals surface area contributed by atoms with Crippen LogP contribution >= 0.6 is 0 Å². The lowest BCUT2D eigenvalue weighted by atomic mass is 10.1. The van der Waals surface area contributed by atoms with Crippen LogP contribution < -0.4 is 20.5 Å². The van der Waals surface area contributed by atoms with Crippen LogP contribution in [0, 0.1) is 0 Å². The summed E-state index contributed by atoms with van der Waals surface area (Å²) >= 11 is 0. The summed E-state index contributed by atoms with van der Waals surface area (Å²) in [6.45, 7) is 6.87. The van der Waals surface area contributed by atoms with Gasteiger partial charge >= 0.3 is 0 Å². The Hall–Kier alpha value is -1.75. The average Bonchev–Trinajstić information content (AvgIpc) is 2.44. The molecule has 0 aliphatic carbocycles. The molecule has 0 saturated heterocycles. The van der Waals surface area contributed by atoms with Crippen molar-refractivity contribution in [2.24, 2.45) is 5.73 Å². The van der Waals surface area contributed by atoms with Crippen molar-refractivity contribution in [1.29, 1.82) is 0 Å². The summed E-state index contributed by atoms with van der Waals surface area (Å²) in [6.07, 6.45) is 2.05. The Morgan fingerprint density at radius 1 is 1.33 bits per heavy atom. The number of carbonyl (C=O) groups is 1. The van der Waals surface area contributed by atoms with E-state index in [0.29, 0.717) is 30.2 Å². The summed E-state index contributed by atoms with van der Waals surface area (Å²) in [4.78, 5) is 12.1. The zero-order valence-corrected chi connectivity index (χ0v) is 13.4. The number of methoxy groups -OCH3 is 1. The molecule has 21 heavy (non-hydrogen) atoms. The minimum absolute atomic E-state index is 0.174. The third kappa shape index (κ3) is 6.04. The van der Waals surface area contributed by atoms with E-state index in [9.17, 15) is 4.79 Å². The van der Waals surface area contributed by atoms with Gasteiger partial charge in [0.2, 0.25) is 0 Å². The molecule has 0 spiro atoms. The van der Waals surface area contributed by atoms with Gasteiger partial charge in [-0.25, -0.2) is 0 Å². The van der Waals surface area contributed by atoms with Gasteiger partial charge in [-0.15, -0.1) is 0 Å². The molecule has 118 valence electrons. The standard InChI is InChI=1S/C16H26N2O3/c1-5-6-9-21-13-8-7-12(10-14(13)20-4)15(19)18-11-16(2,3)17/h7-8,10H,5-6,9,11,17H2,1-4H3,(H,18,19). The molecule has 5 heteroatoms. The molecule has 1 aromatic rings. The maximum atomic E-state index is 12.1. The molecule has 1 amide bonds. The minimum Gasteiger partial charge on any atom is -0.493 e. The van der Waals surface area contributed by atoms with Crippen LogP contribution in [-0.2, 0) is 0 Å². The highest BCUT2D eigenvalue weighted by molar-refractivity contribution is 5.94. The van der Waals surface area contributed by atoms with Crippen molar-refractivity contribution in [1.82, 2.24) is 5.32 Å². The van der Waals surface area contributed by atoms with Crippen LogP contribution in [0.4, 0.5) is 0 Å². The van der Waals surface area contributed by atoms with Gasteiger partial charge in [0.1, 0.15) is 0 Å². The van der Waals surface area contributed by atoms with Gasteiger partial charge in [-0.2, -0.15) is 0 Å². The van der Waals surface area contributed by atoms with Crippen LogP contribution in [-0.4, -0.2) is 31.7 Å². The van der Waals surface area contributed by atoms with Crippen LogP contribution in [0.5, 0.6) is 11.5 Å². The number of amides is 1. The van der Waals surface area contributed by atoms with Crippen LogP contribution in [0.15, 0.2) is 18.2 Å². The van der Waals surface area contributed by atoms with Crippen molar-refractivity contribution in [3.8, 4) is 11.5 Å². The number of nitrogens with one attached hydrogen (secondary N) is 1. The molecule has 0 atom stereocenters. The number of unbranched alkanes of at least 4 members (excludes halogenated alkanes) is 1. The van der Waals surface area contributed by atoms with Crippen molar-refractivity contribution in [3.05, 3.63) is 23.8 Å². The molecule has 3 N–H and O–H groups in total. The Bertz CT molecular complexity index is 467. The van der Waals surface area contributed by atoms with Gasteiger partial charge in [0.25, 0.3) is 5.91 Å². The van der Waals surface area contributed by atoms with E-state index in [0.717, 1.165) is 12.8 Å². The Morgan fingerprint density at radius 3 is 2.62 bits per heavy atom. The van der Waals surface area contributed by atoms with Crippen LogP contribution in [0.3, 0.4) is 0 Å². The summed E-state index contributed by atoms with van der Waals surface area (Å²) in [5.41, 5.74) is 5.94. The third-order valence-corrected chi connectivity index (χ3v) is 2.89. The van der Waals surface area contributed by atoms with E-state index >= 15 is 0 Å². The first-order valence-corrected chi connectivity index (χ1v) is 7.25. The smallest absolute Gasteiger partial charge is 0.251 e. The van der Waals surface area contributed by atoms with E-state index in [2.05, 4.69) is 12.2 Å². The molecule has 1 aromatic carbocycles. The van der Waals surface area contributed by atoms with Crippen molar-refractivity contribution in [2.45, 2.75) is 39.2 Å². The molecule has 0 heterocycles. The number of rotatable bonds is 8. The van der Waals surface area contributed by atoms with Crippen LogP contribution in [0.2, 0.25) is 0 Å². The van der Waals surface area contributed by atoms with E-state index in [1.54, 1.807) is 25.3 Å². The van der Waals surface area contributed by atoms with Gasteiger partial charge in [0.15, 0.2) is 11.5 Å². The second kappa shape index (κ2) is 7.88. The highest BCUT2D eigenvalue weighted by atomic mass is 16.5. The van der Waals surface area contributed by atoms with Gasteiger partial charge in [0, 0.05) is 17.6 Å². The maximum Gasteiger partial charge on any atom is 0.251 e. The average molecular weight is 294 g/mol. The van der Waals surface area contributed by atoms with Crippen molar-refractivity contribution in [2.75, 3.05) is 20.3 Å². The lowest BCUT2D eigenvalue weighted by molar-refractivity contribution is 0.0945. The van der Waals surface area contributed by atoms with Gasteiger partial charge in [-0.05, 0) is 38.5 Å². The van der Waals surface area contributed by atoms with E-state index in [1.165, 1.54) is 0 Å². The molecule has 0 radical (unpaired) electrons. The predicted octanol–water partition coefficient (Wildman–Crippen LogP) is 2.34. The molecular weight excluding hydrogens is 268 g/mol. The summed E-state index contributed by atoms with van der Waals surface area (Å²) in [7, 11) is 1.56. The SMILES string of the molecule is CCCCOc1ccc(C(=O)NCC(C)(C)N)cc1OC. The van der Waals surface area contributed by atoms with E-state index < -0.39 is 5.54 Å². The first kappa shape index (κ1) is 17.3. The molecule has 0 saturated carbocycles. The molecular formula is C16H26N2O3. The highest BCUT2D eigenvalue weighted by Gasteiger charge is 2.15. The maximum absolute atomic E-state index is 12.1. The van der Waals surface area contributed by atoms with Crippen molar-refractivity contribution >= 4 is 5.91 Å². The Balaban J connectivity index is 2.74. The first-order chi connectivity index (χ1) is 9.87. The summed E-state index contributed by atoms with van der Waals surface area (Å²) in [5, 5.41) is 2.80. The molecule has 0 bridgehead atoms. The van der Waals surface area contributed by atoms with Gasteiger partial charge in [-0.1, -0.05) is 13.3 Å². The molecule has 0 aromatic heterocycles. The summed E-state index contributed by atoms with van der Waals surface area (Å²) < 4.78 is 10.9. The van der Waals surface area contributed by atoms with Crippen molar-refractivity contribution in [3.63, 3.8) is 0 Å². The fourth-order valence-corrected chi connectivity index (χ4v) is 1.66. The molecule has 0 aliphatic rings. The number of ether oxygens (including phenoxy) is 2. The Labute approximate surface area is 126 Å². The second-order valence-corrected chi connectivity index (χ2v) is 5.74. The Morgan fingerprint density at radius 2 is 2.05 bits per heavy atom. The number of nitrogens with two attached hydrogens (primary N) is 1. The normalized spacial score (nSPS) is 11.1. The first-order valence-electron chi connectivity index (χ1n) is 7.25. The van der Waals surface area contributed by atoms with E-state index in [-0.39, 0.29) is 5.91 Å². The molecule has 0 fully saturated rings. The van der Waals surface area contributed by atoms with Gasteiger partial charge in [-0.3, -0.25) is 4.79 Å². The second-order valence-electron chi connectivity index (χ2n) is 5.74. The lowest BCUT2D eigenvalue weighted by Gasteiger charge is -2.19. The van der Waals surface area contributed by atoms with Crippen molar-refractivity contribution < 1.29 is 14.3 Å². The van der Waals surface area contributed by atoms with Crippen LogP contribution in [0.1, 0.15) is 44.0 Å². The number of carbonyl (C=O) groups excluding carboxylic acids is 1. The number of hydrogen-bond donors (Lipinski definition) is 2. The summed E-state index contributed by atoms with van der Waals surface area (Å²) in [5.74, 6) is 1.04. The zero-order valence-electron chi connectivity index (χ0n) is 13.4.